The maximum Gasteiger partial charge on any atom is 0.330 e. The number of halogens is 1. The number of amides is 2. The molecule has 0 saturated carbocycles. The average Bonchev–Trinajstić information content (AvgIpc) is 3.69. The van der Waals surface area contributed by atoms with Gasteiger partial charge in [0.2, 0.25) is 11.8 Å². The maximum absolute atomic E-state index is 12.2. The lowest BCUT2D eigenvalue weighted by Gasteiger charge is -2.28. The third-order valence-electron chi connectivity index (χ3n) is 14.3. The number of nitrogens with zero attached hydrogens (tertiary/aromatic N) is 2. The van der Waals surface area contributed by atoms with Crippen molar-refractivity contribution in [2.24, 2.45) is 0 Å². The van der Waals surface area contributed by atoms with Gasteiger partial charge in [0, 0.05) is 68.7 Å². The van der Waals surface area contributed by atoms with Gasteiger partial charge in [0.25, 0.3) is 0 Å². The molecule has 0 aromatic heterocycles. The van der Waals surface area contributed by atoms with Gasteiger partial charge in [-0.05, 0) is 98.4 Å². The SMILES string of the molecule is C1COCCN1.CC(C)(/C=C/C=C/C(=O)N1CCOCC1)c1cccc(OCc2ccccc2)c1.CC(C)(CCCCC(=O)N1CCOCC1)c1ccc(Br)c(O)c1.COC(=O)/C=C/C=C/C(C)(C)c1cccc(OCc2ccccc2)c1. The number of phenolic OH excluding ortho intramolecular Hbond substituents is 1. The maximum atomic E-state index is 12.2. The van der Waals surface area contributed by atoms with Gasteiger partial charge in [-0.25, -0.2) is 4.79 Å². The van der Waals surface area contributed by atoms with Crippen LogP contribution in [0.1, 0.15) is 95.0 Å². The number of benzene rings is 5. The fourth-order valence-corrected chi connectivity index (χ4v) is 9.12. The number of morpholine rings is 3. The second kappa shape index (κ2) is 36.0. The van der Waals surface area contributed by atoms with Crippen LogP contribution in [-0.4, -0.2) is 119 Å². The van der Waals surface area contributed by atoms with E-state index in [4.69, 9.17) is 23.7 Å². The molecule has 2 amide bonds. The van der Waals surface area contributed by atoms with Crippen molar-refractivity contribution < 1.29 is 47.9 Å². The number of aromatic hydroxyl groups is 1. The molecule has 3 aliphatic heterocycles. The molecule has 13 nitrogen and oxygen atoms in total. The number of hydrogen-bond acceptors (Lipinski definition) is 11. The van der Waals surface area contributed by atoms with Crippen LogP contribution in [0.5, 0.6) is 17.2 Å². The third kappa shape index (κ3) is 25.3. The first-order chi connectivity index (χ1) is 40.0. The van der Waals surface area contributed by atoms with E-state index in [0.717, 1.165) is 98.0 Å². The van der Waals surface area contributed by atoms with Crippen LogP contribution < -0.4 is 14.8 Å². The van der Waals surface area contributed by atoms with E-state index in [1.807, 2.05) is 125 Å². The number of nitrogens with one attached hydrogen (secondary N) is 1. The molecule has 5 aromatic rings. The van der Waals surface area contributed by atoms with Crippen molar-refractivity contribution in [3.8, 4) is 17.2 Å². The summed E-state index contributed by atoms with van der Waals surface area (Å²) in [7, 11) is 1.36. The molecule has 3 heterocycles. The highest BCUT2D eigenvalue weighted by atomic mass is 79.9. The van der Waals surface area contributed by atoms with Crippen molar-refractivity contribution in [1.82, 2.24) is 15.1 Å². The van der Waals surface area contributed by atoms with Gasteiger partial charge in [-0.3, -0.25) is 9.59 Å². The Morgan fingerprint density at radius 1 is 0.578 bits per heavy atom. The van der Waals surface area contributed by atoms with Crippen LogP contribution in [0.4, 0.5) is 0 Å². The van der Waals surface area contributed by atoms with Crippen molar-refractivity contribution in [2.45, 2.75) is 96.7 Å². The molecule has 8 rings (SSSR count). The Balaban J connectivity index is 0.000000218. The molecule has 0 atom stereocenters. The summed E-state index contributed by atoms with van der Waals surface area (Å²) in [4.78, 5) is 39.1. The first kappa shape index (κ1) is 67.0. The summed E-state index contributed by atoms with van der Waals surface area (Å²) in [6, 6.07) is 42.2. The van der Waals surface area contributed by atoms with E-state index in [1.54, 1.807) is 12.2 Å². The van der Waals surface area contributed by atoms with Crippen LogP contribution in [0.2, 0.25) is 0 Å². The summed E-state index contributed by atoms with van der Waals surface area (Å²) in [6.07, 6.45) is 18.0. The molecule has 0 radical (unpaired) electrons. The largest absolute Gasteiger partial charge is 0.507 e. The van der Waals surface area contributed by atoms with Crippen molar-refractivity contribution in [3.05, 3.63) is 208 Å². The molecule has 2 N–H and O–H groups in total. The van der Waals surface area contributed by atoms with Crippen LogP contribution >= 0.6 is 15.9 Å². The van der Waals surface area contributed by atoms with E-state index in [9.17, 15) is 19.5 Å². The summed E-state index contributed by atoms with van der Waals surface area (Å²) in [6.45, 7) is 23.1. The molecule has 446 valence electrons. The molecule has 3 aliphatic rings. The number of allylic oxidation sites excluding steroid dienone is 6. The van der Waals surface area contributed by atoms with Gasteiger partial charge in [-0.15, -0.1) is 0 Å². The zero-order valence-electron chi connectivity index (χ0n) is 49.9. The van der Waals surface area contributed by atoms with Crippen LogP contribution in [0.25, 0.3) is 0 Å². The molecule has 3 saturated heterocycles. The van der Waals surface area contributed by atoms with Gasteiger partial charge in [0.05, 0.1) is 51.2 Å². The number of rotatable bonds is 20. The molecule has 0 aliphatic carbocycles. The number of methoxy groups -OCH3 is 1. The van der Waals surface area contributed by atoms with Crippen molar-refractivity contribution in [1.29, 1.82) is 0 Å². The minimum absolute atomic E-state index is 0.0137. The number of ether oxygens (including phenoxy) is 6. The van der Waals surface area contributed by atoms with Gasteiger partial charge in [-0.2, -0.15) is 0 Å². The Morgan fingerprint density at radius 2 is 1.07 bits per heavy atom. The average molecular weight is 1200 g/mol. The molecule has 0 spiro atoms. The van der Waals surface area contributed by atoms with Crippen molar-refractivity contribution in [3.63, 3.8) is 0 Å². The van der Waals surface area contributed by atoms with Crippen LogP contribution in [-0.2, 0) is 62.8 Å². The predicted octanol–water partition coefficient (Wildman–Crippen LogP) is 12.8. The fraction of sp³-hybridized carbons (Fsp3) is 0.406. The third-order valence-corrected chi connectivity index (χ3v) is 14.9. The normalized spacial score (nSPS) is 14.9. The summed E-state index contributed by atoms with van der Waals surface area (Å²) >= 11 is 3.31. The molecule has 83 heavy (non-hydrogen) atoms. The molecular formula is C69H88BrN3O10. The van der Waals surface area contributed by atoms with Gasteiger partial charge in [0.15, 0.2) is 0 Å². The summed E-state index contributed by atoms with van der Waals surface area (Å²) in [5.41, 5.74) is 5.32. The van der Waals surface area contributed by atoms with E-state index in [2.05, 4.69) is 110 Å². The van der Waals surface area contributed by atoms with Crippen LogP contribution in [0.15, 0.2) is 180 Å². The van der Waals surface area contributed by atoms with E-state index in [1.165, 1.54) is 13.2 Å². The minimum atomic E-state index is -0.362. The van der Waals surface area contributed by atoms with Crippen molar-refractivity contribution >= 4 is 33.7 Å². The Kier molecular flexibility index (Phi) is 29.1. The Labute approximate surface area is 502 Å². The zero-order valence-corrected chi connectivity index (χ0v) is 51.5. The number of esters is 1. The molecule has 0 unspecified atom stereocenters. The Bertz CT molecular complexity index is 2820. The zero-order chi connectivity index (χ0) is 59.8. The second-order valence-corrected chi connectivity index (χ2v) is 22.9. The van der Waals surface area contributed by atoms with Gasteiger partial charge < -0.3 is 48.6 Å². The topological polar surface area (TPSA) is 145 Å². The predicted molar refractivity (Wildman–Crippen MR) is 335 cm³/mol. The fourth-order valence-electron chi connectivity index (χ4n) is 8.88. The highest BCUT2D eigenvalue weighted by Crippen LogP contribution is 2.35. The number of unbranched alkanes of at least 4 members (excludes halogenated alkanes) is 1. The second-order valence-electron chi connectivity index (χ2n) is 22.1. The Morgan fingerprint density at radius 3 is 1.54 bits per heavy atom. The molecule has 14 heteroatoms. The van der Waals surface area contributed by atoms with E-state index >= 15 is 0 Å². The lowest BCUT2D eigenvalue weighted by atomic mass is 9.80. The summed E-state index contributed by atoms with van der Waals surface area (Å²) < 4.78 is 32.7. The quantitative estimate of drug-likeness (QED) is 0.0332. The van der Waals surface area contributed by atoms with E-state index < -0.39 is 0 Å². The smallest absolute Gasteiger partial charge is 0.330 e. The summed E-state index contributed by atoms with van der Waals surface area (Å²) in [5.74, 6) is 1.88. The lowest BCUT2D eigenvalue weighted by Crippen LogP contribution is -2.40. The van der Waals surface area contributed by atoms with E-state index in [0.29, 0.717) is 63.6 Å². The highest BCUT2D eigenvalue weighted by molar-refractivity contribution is 9.10. The van der Waals surface area contributed by atoms with Gasteiger partial charge >= 0.3 is 5.97 Å². The first-order valence-corrected chi connectivity index (χ1v) is 29.6. The minimum Gasteiger partial charge on any atom is -0.507 e. The number of phenols is 1. The van der Waals surface area contributed by atoms with Crippen LogP contribution in [0.3, 0.4) is 0 Å². The van der Waals surface area contributed by atoms with Gasteiger partial charge in [-0.1, -0.05) is 175 Å². The Hall–Kier alpha value is -6.81. The molecule has 5 aromatic carbocycles. The van der Waals surface area contributed by atoms with E-state index in [-0.39, 0.29) is 39.8 Å². The lowest BCUT2D eigenvalue weighted by molar-refractivity contribution is -0.135. The van der Waals surface area contributed by atoms with Crippen LogP contribution in [0, 0.1) is 0 Å². The molecular weight excluding hydrogens is 1110 g/mol. The molecule has 3 fully saturated rings. The summed E-state index contributed by atoms with van der Waals surface area (Å²) in [5, 5.41) is 13.0. The first-order valence-electron chi connectivity index (χ1n) is 28.8. The highest BCUT2D eigenvalue weighted by Gasteiger charge is 2.23. The number of carbonyl (C=O) groups is 3. The number of carbonyl (C=O) groups excluding carboxylic acids is 3. The number of hydrogen-bond donors (Lipinski definition) is 2. The van der Waals surface area contributed by atoms with Crippen molar-refractivity contribution in [2.75, 3.05) is 86.0 Å². The monoisotopic (exact) mass is 1200 g/mol. The van der Waals surface area contributed by atoms with Gasteiger partial charge in [0.1, 0.15) is 30.5 Å². The standard InChI is InChI=1S/C25H29NO3.C22H24O3.C18H26BrNO3.C4H9NO/c1-25(2,14-7-6-13-24(27)26-15-17-28-18-16-26)22-11-8-12-23(19-22)29-20-21-9-4-3-5-10-21;1-22(2,15-8-7-14-21(23)24-3)19-12-9-13-20(16-19)25-17-18-10-5-4-6-11-18;1-18(2,14-6-7-15(19)16(21)13-14)8-4-3-5-17(22)20-9-11-23-12-10-20;1-3-6-4-2-5-1/h3-14,19H,15-18,20H2,1-2H3;4-16H,17H2,1-3H3;6-7,13,21H,3-5,8-12H2,1-2H3;5H,1-4H2/b13-6+,14-7+;14-7+,15-8+;;. The molecule has 0 bridgehead atoms.